The van der Waals surface area contributed by atoms with Crippen molar-refractivity contribution in [3.05, 3.63) is 71.4 Å². The van der Waals surface area contributed by atoms with Crippen LogP contribution in [0.3, 0.4) is 0 Å². The standard InChI is InChI=1S/C20H23N3O3/c1-23(13-16-9-10-17(24-2)12-18(16)25-3)14-20-21-19(22-26-20)11-15-7-5-4-6-8-15/h4-10,12H,11,13-14H2,1-3H3. The molecule has 0 amide bonds. The molecule has 6 nitrogen and oxygen atoms in total. The molecule has 1 heterocycles. The molecule has 0 fully saturated rings. The first-order chi connectivity index (χ1) is 12.7. The van der Waals surface area contributed by atoms with Crippen LogP contribution in [0.5, 0.6) is 11.5 Å². The Morgan fingerprint density at radius 2 is 1.81 bits per heavy atom. The van der Waals surface area contributed by atoms with Crippen LogP contribution < -0.4 is 9.47 Å². The quantitative estimate of drug-likeness (QED) is 0.619. The minimum Gasteiger partial charge on any atom is -0.497 e. The van der Waals surface area contributed by atoms with Crippen LogP contribution in [-0.4, -0.2) is 36.3 Å². The molecule has 6 heteroatoms. The molecule has 0 aliphatic carbocycles. The third kappa shape index (κ3) is 4.61. The van der Waals surface area contributed by atoms with E-state index in [0.717, 1.165) is 22.6 Å². The van der Waals surface area contributed by atoms with Gasteiger partial charge in [0.2, 0.25) is 5.89 Å². The molecule has 0 aliphatic rings. The van der Waals surface area contributed by atoms with E-state index < -0.39 is 0 Å². The van der Waals surface area contributed by atoms with Crippen molar-refractivity contribution in [3.63, 3.8) is 0 Å². The van der Waals surface area contributed by atoms with Gasteiger partial charge in [0.15, 0.2) is 5.82 Å². The van der Waals surface area contributed by atoms with Crippen LogP contribution in [0.2, 0.25) is 0 Å². The molecule has 0 N–H and O–H groups in total. The van der Waals surface area contributed by atoms with E-state index >= 15 is 0 Å². The summed E-state index contributed by atoms with van der Waals surface area (Å²) in [5.74, 6) is 2.87. The lowest BCUT2D eigenvalue weighted by Crippen LogP contribution is -2.18. The minimum atomic E-state index is 0.566. The SMILES string of the molecule is COc1ccc(CN(C)Cc2nc(Cc3ccccc3)no2)c(OC)c1. The van der Waals surface area contributed by atoms with E-state index in [0.29, 0.717) is 31.2 Å². The fraction of sp³-hybridized carbons (Fsp3) is 0.300. The second kappa shape index (κ2) is 8.49. The Balaban J connectivity index is 1.61. The topological polar surface area (TPSA) is 60.6 Å². The van der Waals surface area contributed by atoms with E-state index in [4.69, 9.17) is 14.0 Å². The van der Waals surface area contributed by atoms with Gasteiger partial charge in [-0.2, -0.15) is 4.98 Å². The highest BCUT2D eigenvalue weighted by atomic mass is 16.5. The molecule has 136 valence electrons. The zero-order valence-electron chi connectivity index (χ0n) is 15.3. The number of benzene rings is 2. The first-order valence-electron chi connectivity index (χ1n) is 8.42. The summed E-state index contributed by atoms with van der Waals surface area (Å²) in [5.41, 5.74) is 2.23. The van der Waals surface area contributed by atoms with Crippen LogP contribution >= 0.6 is 0 Å². The maximum absolute atomic E-state index is 5.45. The van der Waals surface area contributed by atoms with Gasteiger partial charge in [-0.1, -0.05) is 41.6 Å². The summed E-state index contributed by atoms with van der Waals surface area (Å²) in [6.07, 6.45) is 0.667. The van der Waals surface area contributed by atoms with Gasteiger partial charge in [-0.25, -0.2) is 0 Å². The van der Waals surface area contributed by atoms with Crippen LogP contribution in [-0.2, 0) is 19.5 Å². The Bertz CT molecular complexity index is 833. The molecule has 3 rings (SSSR count). The number of hydrogen-bond acceptors (Lipinski definition) is 6. The highest BCUT2D eigenvalue weighted by Crippen LogP contribution is 2.25. The van der Waals surface area contributed by atoms with Crippen LogP contribution in [0.25, 0.3) is 0 Å². The smallest absolute Gasteiger partial charge is 0.240 e. The molecule has 0 aliphatic heterocycles. The Kier molecular flexibility index (Phi) is 5.86. The molecule has 0 spiro atoms. The molecule has 0 radical (unpaired) electrons. The van der Waals surface area contributed by atoms with Crippen molar-refractivity contribution in [2.24, 2.45) is 0 Å². The first kappa shape index (κ1) is 17.9. The second-order valence-corrected chi connectivity index (χ2v) is 6.12. The minimum absolute atomic E-state index is 0.566. The van der Waals surface area contributed by atoms with Crippen LogP contribution in [0.15, 0.2) is 53.1 Å². The van der Waals surface area contributed by atoms with E-state index in [-0.39, 0.29) is 0 Å². The lowest BCUT2D eigenvalue weighted by atomic mass is 10.1. The van der Waals surface area contributed by atoms with Crippen molar-refractivity contribution in [1.29, 1.82) is 0 Å². The molecule has 2 aromatic carbocycles. The number of methoxy groups -OCH3 is 2. The van der Waals surface area contributed by atoms with E-state index in [1.54, 1.807) is 14.2 Å². The molecule has 0 atom stereocenters. The van der Waals surface area contributed by atoms with Gasteiger partial charge in [-0.3, -0.25) is 4.90 Å². The summed E-state index contributed by atoms with van der Waals surface area (Å²) in [7, 11) is 5.31. The largest absolute Gasteiger partial charge is 0.497 e. The monoisotopic (exact) mass is 353 g/mol. The molecule has 26 heavy (non-hydrogen) atoms. The number of hydrogen-bond donors (Lipinski definition) is 0. The second-order valence-electron chi connectivity index (χ2n) is 6.12. The molecule has 0 saturated carbocycles. The Morgan fingerprint density at radius 3 is 2.54 bits per heavy atom. The summed E-state index contributed by atoms with van der Waals surface area (Å²) in [6.45, 7) is 1.26. The normalized spacial score (nSPS) is 10.9. The fourth-order valence-electron chi connectivity index (χ4n) is 2.76. The summed E-state index contributed by atoms with van der Waals surface area (Å²) < 4.78 is 16.1. The van der Waals surface area contributed by atoms with Gasteiger partial charge in [-0.15, -0.1) is 0 Å². The predicted molar refractivity (Wildman–Crippen MR) is 98.3 cm³/mol. The van der Waals surface area contributed by atoms with Crippen molar-refractivity contribution in [2.45, 2.75) is 19.5 Å². The van der Waals surface area contributed by atoms with Gasteiger partial charge in [0, 0.05) is 24.6 Å². The third-order valence-electron chi connectivity index (χ3n) is 4.05. The Labute approximate surface area is 153 Å². The first-order valence-corrected chi connectivity index (χ1v) is 8.42. The van der Waals surface area contributed by atoms with Gasteiger partial charge in [0.05, 0.1) is 20.8 Å². The predicted octanol–water partition coefficient (Wildman–Crippen LogP) is 3.31. The highest BCUT2D eigenvalue weighted by Gasteiger charge is 2.12. The summed E-state index contributed by atoms with van der Waals surface area (Å²) in [4.78, 5) is 6.59. The van der Waals surface area contributed by atoms with Crippen molar-refractivity contribution in [3.8, 4) is 11.5 Å². The molecular formula is C20H23N3O3. The van der Waals surface area contributed by atoms with E-state index in [1.807, 2.05) is 43.4 Å². The van der Waals surface area contributed by atoms with Gasteiger partial charge in [0.25, 0.3) is 0 Å². The zero-order valence-corrected chi connectivity index (χ0v) is 15.3. The Hall–Kier alpha value is -2.86. The molecule has 1 aromatic heterocycles. The number of ether oxygens (including phenoxy) is 2. The van der Waals surface area contributed by atoms with E-state index in [2.05, 4.69) is 27.2 Å². The number of rotatable bonds is 8. The van der Waals surface area contributed by atoms with Gasteiger partial charge in [0.1, 0.15) is 11.5 Å². The van der Waals surface area contributed by atoms with Crippen LogP contribution in [0.1, 0.15) is 22.8 Å². The maximum atomic E-state index is 5.45. The number of aromatic nitrogens is 2. The Morgan fingerprint density at radius 1 is 1.00 bits per heavy atom. The van der Waals surface area contributed by atoms with Crippen molar-refractivity contribution < 1.29 is 14.0 Å². The summed E-state index contributed by atoms with van der Waals surface area (Å²) in [6, 6.07) is 15.9. The zero-order chi connectivity index (χ0) is 18.4. The van der Waals surface area contributed by atoms with Gasteiger partial charge in [-0.05, 0) is 18.7 Å². The summed E-state index contributed by atoms with van der Waals surface area (Å²) in [5, 5.41) is 4.07. The van der Waals surface area contributed by atoms with Crippen molar-refractivity contribution in [1.82, 2.24) is 15.0 Å². The molecular weight excluding hydrogens is 330 g/mol. The van der Waals surface area contributed by atoms with E-state index in [1.165, 1.54) is 0 Å². The average Bonchev–Trinajstić information content (AvgIpc) is 3.09. The lowest BCUT2D eigenvalue weighted by Gasteiger charge is -2.17. The average molecular weight is 353 g/mol. The third-order valence-corrected chi connectivity index (χ3v) is 4.05. The fourth-order valence-corrected chi connectivity index (χ4v) is 2.76. The van der Waals surface area contributed by atoms with Crippen molar-refractivity contribution in [2.75, 3.05) is 21.3 Å². The van der Waals surface area contributed by atoms with Gasteiger partial charge >= 0.3 is 0 Å². The van der Waals surface area contributed by atoms with E-state index in [9.17, 15) is 0 Å². The molecule has 0 saturated heterocycles. The van der Waals surface area contributed by atoms with Crippen LogP contribution in [0, 0.1) is 0 Å². The molecule has 0 bridgehead atoms. The van der Waals surface area contributed by atoms with Gasteiger partial charge < -0.3 is 14.0 Å². The number of nitrogens with zero attached hydrogens (tertiary/aromatic N) is 3. The summed E-state index contributed by atoms with van der Waals surface area (Å²) >= 11 is 0. The highest BCUT2D eigenvalue weighted by molar-refractivity contribution is 5.40. The molecule has 0 unspecified atom stereocenters. The van der Waals surface area contributed by atoms with Crippen LogP contribution in [0.4, 0.5) is 0 Å². The molecule has 3 aromatic rings. The van der Waals surface area contributed by atoms with Crippen molar-refractivity contribution >= 4 is 0 Å². The maximum Gasteiger partial charge on any atom is 0.240 e. The lowest BCUT2D eigenvalue weighted by molar-refractivity contribution is 0.257.